The van der Waals surface area contributed by atoms with Gasteiger partial charge in [0.15, 0.2) is 5.76 Å². The summed E-state index contributed by atoms with van der Waals surface area (Å²) in [6.45, 7) is 0. The maximum atomic E-state index is 11.7. The molecule has 1 aliphatic carbocycles. The van der Waals surface area contributed by atoms with Crippen LogP contribution >= 0.6 is 0 Å². The van der Waals surface area contributed by atoms with E-state index in [-0.39, 0.29) is 16.7 Å². The van der Waals surface area contributed by atoms with Gasteiger partial charge in [-0.05, 0) is 23.8 Å². The number of aliphatic hydroxyl groups excluding tert-OH is 1. The minimum atomic E-state index is -0.669. The van der Waals surface area contributed by atoms with Gasteiger partial charge in [-0.1, -0.05) is 24.3 Å². The molecule has 1 aromatic carbocycles. The number of nitrogens with zero attached hydrogens (tertiary/aromatic N) is 3. The van der Waals surface area contributed by atoms with E-state index in [0.717, 1.165) is 16.9 Å². The Morgan fingerprint density at radius 1 is 1.22 bits per heavy atom. The van der Waals surface area contributed by atoms with Crippen molar-refractivity contribution in [1.29, 1.82) is 10.5 Å². The van der Waals surface area contributed by atoms with Gasteiger partial charge in [-0.25, -0.2) is 0 Å². The third kappa shape index (κ3) is 2.12. The number of hydrogen-bond acceptors (Lipinski definition) is 5. The maximum absolute atomic E-state index is 11.7. The lowest BCUT2D eigenvalue weighted by atomic mass is 9.83. The number of anilines is 1. The predicted octanol–water partition coefficient (Wildman–Crippen LogP) is 2.77. The zero-order valence-corrected chi connectivity index (χ0v) is 12.2. The first-order valence-electron chi connectivity index (χ1n) is 6.83. The van der Waals surface area contributed by atoms with Crippen LogP contribution in [-0.2, 0) is 4.79 Å². The summed E-state index contributed by atoms with van der Waals surface area (Å²) in [5.41, 5.74) is 2.69. The molecule has 1 aliphatic heterocycles. The van der Waals surface area contributed by atoms with Crippen LogP contribution in [-0.4, -0.2) is 17.9 Å². The van der Waals surface area contributed by atoms with Gasteiger partial charge in [0.1, 0.15) is 17.7 Å². The van der Waals surface area contributed by atoms with E-state index in [0.29, 0.717) is 0 Å². The number of nitriles is 2. The van der Waals surface area contributed by atoms with Crippen molar-refractivity contribution in [1.82, 2.24) is 0 Å². The van der Waals surface area contributed by atoms with E-state index in [1.807, 2.05) is 48.4 Å². The first kappa shape index (κ1) is 14.4. The molecule has 1 N–H and O–H groups in total. The van der Waals surface area contributed by atoms with Crippen LogP contribution < -0.4 is 4.90 Å². The fraction of sp³-hybridized carbons (Fsp3) is 0.0556. The van der Waals surface area contributed by atoms with Gasteiger partial charge in [0.2, 0.25) is 5.78 Å². The van der Waals surface area contributed by atoms with E-state index in [9.17, 15) is 9.90 Å². The third-order valence-corrected chi connectivity index (χ3v) is 3.85. The molecular weight excluding hydrogens is 290 g/mol. The second-order valence-corrected chi connectivity index (χ2v) is 5.09. The van der Waals surface area contributed by atoms with E-state index >= 15 is 0 Å². The largest absolute Gasteiger partial charge is 0.504 e. The number of carbonyl (C=O) groups is 1. The maximum Gasteiger partial charge on any atom is 0.230 e. The van der Waals surface area contributed by atoms with Crippen molar-refractivity contribution >= 4 is 17.5 Å². The molecule has 0 bridgehead atoms. The van der Waals surface area contributed by atoms with Crippen LogP contribution in [0.2, 0.25) is 0 Å². The normalized spacial score (nSPS) is 17.5. The van der Waals surface area contributed by atoms with Crippen molar-refractivity contribution in [2.45, 2.75) is 0 Å². The van der Waals surface area contributed by atoms with Crippen LogP contribution in [0.3, 0.4) is 0 Å². The molecule has 0 fully saturated rings. The number of hydrogen-bond donors (Lipinski definition) is 1. The first-order valence-corrected chi connectivity index (χ1v) is 6.83. The summed E-state index contributed by atoms with van der Waals surface area (Å²) in [5, 5.41) is 27.7. The molecule has 0 atom stereocenters. The molecule has 1 heterocycles. The Hall–Kier alpha value is -3.57. The SMILES string of the molecule is CN1/C(=C/C2=C(O)C(=O)C2=C(C#N)C#N)C=Cc2ccccc21. The van der Waals surface area contributed by atoms with Gasteiger partial charge in [0.05, 0.1) is 5.57 Å². The average Bonchev–Trinajstić information content (AvgIpc) is 2.59. The number of para-hydroxylation sites is 1. The van der Waals surface area contributed by atoms with Crippen LogP contribution in [0.4, 0.5) is 5.69 Å². The monoisotopic (exact) mass is 301 g/mol. The predicted molar refractivity (Wildman–Crippen MR) is 84.9 cm³/mol. The topological polar surface area (TPSA) is 88.1 Å². The highest BCUT2D eigenvalue weighted by Crippen LogP contribution is 2.36. The molecule has 2 aliphatic rings. The second-order valence-electron chi connectivity index (χ2n) is 5.09. The van der Waals surface area contributed by atoms with Crippen LogP contribution in [0.5, 0.6) is 0 Å². The molecule has 0 spiro atoms. The molecule has 5 nitrogen and oxygen atoms in total. The Morgan fingerprint density at radius 2 is 1.91 bits per heavy atom. The molecule has 0 radical (unpaired) electrons. The molecule has 5 heteroatoms. The van der Waals surface area contributed by atoms with Crippen molar-refractivity contribution in [3.8, 4) is 12.1 Å². The fourth-order valence-electron chi connectivity index (χ4n) is 2.60. The van der Waals surface area contributed by atoms with Crippen molar-refractivity contribution in [3.05, 3.63) is 70.2 Å². The third-order valence-electron chi connectivity index (χ3n) is 3.85. The smallest absolute Gasteiger partial charge is 0.230 e. The summed E-state index contributed by atoms with van der Waals surface area (Å²) in [6, 6.07) is 11.2. The number of fused-ring (bicyclic) bond motifs is 1. The van der Waals surface area contributed by atoms with Crippen molar-refractivity contribution in [3.63, 3.8) is 0 Å². The molecule has 3 rings (SSSR count). The first-order chi connectivity index (χ1) is 11.1. The lowest BCUT2D eigenvalue weighted by Crippen LogP contribution is -2.25. The molecule has 0 aromatic heterocycles. The Balaban J connectivity index is 2.08. The number of allylic oxidation sites excluding steroid dienone is 5. The highest BCUT2D eigenvalue weighted by Gasteiger charge is 2.36. The van der Waals surface area contributed by atoms with Crippen LogP contribution in [0, 0.1) is 22.7 Å². The van der Waals surface area contributed by atoms with E-state index in [2.05, 4.69) is 0 Å². The number of benzene rings is 1. The standard InChI is InChI=1S/C18H11N3O2/c1-21-13(7-6-11-4-2-3-5-15(11)21)8-14-16(12(9-19)10-20)18(23)17(14)22/h2-8,22H,1H3/b13-8+. The Kier molecular flexibility index (Phi) is 3.33. The molecule has 0 saturated heterocycles. The number of carbonyl (C=O) groups excluding carboxylic acids is 1. The van der Waals surface area contributed by atoms with Gasteiger partial charge in [-0.3, -0.25) is 4.79 Å². The summed E-state index contributed by atoms with van der Waals surface area (Å²) in [5.74, 6) is -1.09. The lowest BCUT2D eigenvalue weighted by molar-refractivity contribution is -0.115. The molecule has 1 aromatic rings. The number of Topliss-reactive ketones (excluding diaryl/α,β-unsaturated/α-hetero) is 1. The van der Waals surface area contributed by atoms with Gasteiger partial charge >= 0.3 is 0 Å². The van der Waals surface area contributed by atoms with Crippen LogP contribution in [0.25, 0.3) is 6.08 Å². The Bertz CT molecular complexity index is 918. The molecule has 110 valence electrons. The minimum absolute atomic E-state index is 0.0272. The summed E-state index contributed by atoms with van der Waals surface area (Å²) in [4.78, 5) is 13.6. The fourth-order valence-corrected chi connectivity index (χ4v) is 2.60. The lowest BCUT2D eigenvalue weighted by Gasteiger charge is -2.28. The summed E-state index contributed by atoms with van der Waals surface area (Å²) >= 11 is 0. The second kappa shape index (κ2) is 5.32. The number of ketones is 1. The molecule has 0 unspecified atom stereocenters. The van der Waals surface area contributed by atoms with Crippen LogP contribution in [0.1, 0.15) is 5.56 Å². The average molecular weight is 301 g/mol. The van der Waals surface area contributed by atoms with Crippen molar-refractivity contribution < 1.29 is 9.90 Å². The van der Waals surface area contributed by atoms with E-state index in [1.165, 1.54) is 0 Å². The van der Waals surface area contributed by atoms with Crippen molar-refractivity contribution in [2.24, 2.45) is 0 Å². The van der Waals surface area contributed by atoms with Gasteiger partial charge in [-0.2, -0.15) is 10.5 Å². The van der Waals surface area contributed by atoms with Gasteiger partial charge in [0.25, 0.3) is 0 Å². The van der Waals surface area contributed by atoms with E-state index in [1.54, 1.807) is 18.2 Å². The van der Waals surface area contributed by atoms with E-state index in [4.69, 9.17) is 10.5 Å². The van der Waals surface area contributed by atoms with E-state index < -0.39 is 11.5 Å². The van der Waals surface area contributed by atoms with Gasteiger partial charge in [0, 0.05) is 24.0 Å². The number of likely N-dealkylation sites (N-methyl/N-ethyl adjacent to an activating group) is 1. The Labute approximate surface area is 133 Å². The molecule has 23 heavy (non-hydrogen) atoms. The molecule has 0 amide bonds. The number of rotatable bonds is 1. The quantitative estimate of drug-likeness (QED) is 0.636. The molecular formula is C18H11N3O2. The number of aliphatic hydroxyl groups is 1. The highest BCUT2D eigenvalue weighted by atomic mass is 16.3. The summed E-state index contributed by atoms with van der Waals surface area (Å²) in [6.07, 6.45) is 5.38. The Morgan fingerprint density at radius 3 is 2.61 bits per heavy atom. The van der Waals surface area contributed by atoms with Crippen molar-refractivity contribution in [2.75, 3.05) is 11.9 Å². The molecule has 0 saturated carbocycles. The summed E-state index contributed by atoms with van der Waals surface area (Å²) < 4.78 is 0. The van der Waals surface area contributed by atoms with Gasteiger partial charge < -0.3 is 10.0 Å². The van der Waals surface area contributed by atoms with Gasteiger partial charge in [-0.15, -0.1) is 0 Å². The zero-order chi connectivity index (χ0) is 16.6. The highest BCUT2D eigenvalue weighted by molar-refractivity contribution is 6.20. The zero-order valence-electron chi connectivity index (χ0n) is 12.2. The summed E-state index contributed by atoms with van der Waals surface area (Å²) in [7, 11) is 1.87. The minimum Gasteiger partial charge on any atom is -0.504 e. The van der Waals surface area contributed by atoms with Crippen LogP contribution in [0.15, 0.2) is 64.6 Å².